The molecule has 2 amide bonds. The Morgan fingerprint density at radius 1 is 1.50 bits per heavy atom. The second-order valence-electron chi connectivity index (χ2n) is 1.78. The predicted octanol–water partition coefficient (Wildman–Crippen LogP) is 0.977. The van der Waals surface area contributed by atoms with Gasteiger partial charge in [-0.3, -0.25) is 0 Å². The standard InChI is InChI=1S/C7H7N2O/c8-7(10)9-6-4-2-1-3-5-6/h2-5H,(H3,8,9,10). The highest BCUT2D eigenvalue weighted by Gasteiger charge is 1.90. The molecule has 1 rings (SSSR count). The number of nitrogens with two attached hydrogens (primary N) is 1. The van der Waals surface area contributed by atoms with Crippen LogP contribution in [0.25, 0.3) is 0 Å². The molecular weight excluding hydrogens is 128 g/mol. The van der Waals surface area contributed by atoms with Crippen molar-refractivity contribution in [3.63, 3.8) is 0 Å². The number of primary amides is 1. The minimum absolute atomic E-state index is 0.550. The summed E-state index contributed by atoms with van der Waals surface area (Å²) < 4.78 is 0. The molecule has 1 aromatic carbocycles. The first kappa shape index (κ1) is 6.61. The summed E-state index contributed by atoms with van der Waals surface area (Å²) in [5, 5.41) is 2.42. The first-order valence-corrected chi connectivity index (χ1v) is 2.81. The Morgan fingerprint density at radius 2 is 2.10 bits per heavy atom. The fourth-order valence-electron chi connectivity index (χ4n) is 0.612. The zero-order valence-electron chi connectivity index (χ0n) is 5.29. The minimum atomic E-state index is -0.550. The summed E-state index contributed by atoms with van der Waals surface area (Å²) in [5.74, 6) is 0. The lowest BCUT2D eigenvalue weighted by atomic mass is 10.3. The molecule has 3 heteroatoms. The Morgan fingerprint density at radius 3 is 2.60 bits per heavy atom. The van der Waals surface area contributed by atoms with Crippen molar-refractivity contribution in [1.82, 2.24) is 0 Å². The molecule has 3 nitrogen and oxygen atoms in total. The molecule has 0 spiro atoms. The highest BCUT2D eigenvalue weighted by molar-refractivity contribution is 5.87. The van der Waals surface area contributed by atoms with Crippen LogP contribution in [0, 0.1) is 6.07 Å². The summed E-state index contributed by atoms with van der Waals surface area (Å²) in [5.41, 5.74) is 5.55. The fourth-order valence-corrected chi connectivity index (χ4v) is 0.612. The van der Waals surface area contributed by atoms with E-state index in [1.54, 1.807) is 24.3 Å². The summed E-state index contributed by atoms with van der Waals surface area (Å²) in [4.78, 5) is 10.3. The maximum atomic E-state index is 10.3. The van der Waals surface area contributed by atoms with E-state index in [0.29, 0.717) is 5.69 Å². The lowest BCUT2D eigenvalue weighted by molar-refractivity contribution is 0.259. The van der Waals surface area contributed by atoms with E-state index < -0.39 is 6.03 Å². The first-order chi connectivity index (χ1) is 4.79. The van der Waals surface area contributed by atoms with Crippen molar-refractivity contribution in [1.29, 1.82) is 0 Å². The number of amides is 2. The van der Waals surface area contributed by atoms with E-state index in [4.69, 9.17) is 5.73 Å². The molecule has 0 saturated carbocycles. The first-order valence-electron chi connectivity index (χ1n) is 2.81. The van der Waals surface area contributed by atoms with Gasteiger partial charge in [0.25, 0.3) is 0 Å². The lowest BCUT2D eigenvalue weighted by Crippen LogP contribution is -2.18. The lowest BCUT2D eigenvalue weighted by Gasteiger charge is -1.97. The second-order valence-corrected chi connectivity index (χ2v) is 1.78. The molecule has 0 unspecified atom stereocenters. The van der Waals surface area contributed by atoms with Crippen LogP contribution in [-0.2, 0) is 0 Å². The zero-order valence-corrected chi connectivity index (χ0v) is 5.29. The topological polar surface area (TPSA) is 55.1 Å². The van der Waals surface area contributed by atoms with Crippen LogP contribution >= 0.6 is 0 Å². The molecule has 1 aromatic rings. The fraction of sp³-hybridized carbons (Fsp3) is 0. The highest BCUT2D eigenvalue weighted by atomic mass is 16.2. The van der Waals surface area contributed by atoms with E-state index in [9.17, 15) is 4.79 Å². The predicted molar refractivity (Wildman–Crippen MR) is 38.5 cm³/mol. The van der Waals surface area contributed by atoms with Crippen molar-refractivity contribution in [2.75, 3.05) is 5.32 Å². The van der Waals surface area contributed by atoms with Crippen LogP contribution in [0.4, 0.5) is 10.5 Å². The number of anilines is 1. The van der Waals surface area contributed by atoms with Gasteiger partial charge in [0.1, 0.15) is 0 Å². The van der Waals surface area contributed by atoms with Crippen molar-refractivity contribution in [2.45, 2.75) is 0 Å². The molecule has 10 heavy (non-hydrogen) atoms. The Kier molecular flexibility index (Phi) is 1.89. The molecular formula is C7H7N2O. The Balaban J connectivity index is 2.67. The molecule has 1 radical (unpaired) electrons. The summed E-state index contributed by atoms with van der Waals surface area (Å²) in [7, 11) is 0. The van der Waals surface area contributed by atoms with Crippen LogP contribution in [0.5, 0.6) is 0 Å². The van der Waals surface area contributed by atoms with Gasteiger partial charge in [-0.1, -0.05) is 12.1 Å². The third-order valence-electron chi connectivity index (χ3n) is 0.986. The van der Waals surface area contributed by atoms with Crippen LogP contribution in [-0.4, -0.2) is 6.03 Å². The zero-order chi connectivity index (χ0) is 7.40. The summed E-state index contributed by atoms with van der Waals surface area (Å²) in [6.45, 7) is 0. The molecule has 0 heterocycles. The van der Waals surface area contributed by atoms with Gasteiger partial charge in [-0.05, 0) is 18.2 Å². The Bertz CT molecular complexity index is 220. The molecule has 0 fully saturated rings. The molecule has 0 atom stereocenters. The Hall–Kier alpha value is -1.51. The van der Waals surface area contributed by atoms with Crippen molar-refractivity contribution >= 4 is 11.7 Å². The van der Waals surface area contributed by atoms with E-state index in [-0.39, 0.29) is 0 Å². The number of hydrogen-bond donors (Lipinski definition) is 2. The molecule has 0 saturated heterocycles. The molecule has 0 bridgehead atoms. The average molecular weight is 135 g/mol. The van der Waals surface area contributed by atoms with E-state index in [2.05, 4.69) is 11.4 Å². The van der Waals surface area contributed by atoms with E-state index >= 15 is 0 Å². The van der Waals surface area contributed by atoms with Gasteiger partial charge >= 0.3 is 6.03 Å². The minimum Gasteiger partial charge on any atom is -0.351 e. The maximum Gasteiger partial charge on any atom is 0.316 e. The van der Waals surface area contributed by atoms with E-state index in [1.165, 1.54) is 0 Å². The summed E-state index contributed by atoms with van der Waals surface area (Å²) in [6.07, 6.45) is 0. The van der Waals surface area contributed by atoms with Crippen LogP contribution in [0.1, 0.15) is 0 Å². The van der Waals surface area contributed by atoms with Crippen LogP contribution < -0.4 is 11.1 Å². The molecule has 0 aromatic heterocycles. The number of nitrogens with one attached hydrogen (secondary N) is 1. The highest BCUT2D eigenvalue weighted by Crippen LogP contribution is 2.02. The summed E-state index contributed by atoms with van der Waals surface area (Å²) in [6, 6.07) is 9.09. The van der Waals surface area contributed by atoms with Gasteiger partial charge in [0, 0.05) is 5.69 Å². The van der Waals surface area contributed by atoms with Crippen LogP contribution in [0.2, 0.25) is 0 Å². The van der Waals surface area contributed by atoms with Crippen molar-refractivity contribution < 1.29 is 4.79 Å². The number of hydrogen-bond acceptors (Lipinski definition) is 1. The molecule has 0 aliphatic carbocycles. The molecule has 0 aliphatic rings. The van der Waals surface area contributed by atoms with E-state index in [1.807, 2.05) is 0 Å². The smallest absolute Gasteiger partial charge is 0.316 e. The number of rotatable bonds is 1. The van der Waals surface area contributed by atoms with Gasteiger partial charge in [0.2, 0.25) is 0 Å². The van der Waals surface area contributed by atoms with Crippen molar-refractivity contribution in [3.05, 3.63) is 30.3 Å². The van der Waals surface area contributed by atoms with Crippen molar-refractivity contribution in [2.24, 2.45) is 5.73 Å². The summed E-state index contributed by atoms with van der Waals surface area (Å²) >= 11 is 0. The number of carbonyl (C=O) groups is 1. The monoisotopic (exact) mass is 135 g/mol. The number of urea groups is 1. The maximum absolute atomic E-state index is 10.3. The third-order valence-corrected chi connectivity index (χ3v) is 0.986. The van der Waals surface area contributed by atoms with E-state index in [0.717, 1.165) is 0 Å². The van der Waals surface area contributed by atoms with Gasteiger partial charge in [-0.25, -0.2) is 4.79 Å². The van der Waals surface area contributed by atoms with Gasteiger partial charge < -0.3 is 11.1 Å². The van der Waals surface area contributed by atoms with Gasteiger partial charge in [0.15, 0.2) is 0 Å². The van der Waals surface area contributed by atoms with Crippen LogP contribution in [0.3, 0.4) is 0 Å². The normalized spacial score (nSPS) is 8.80. The molecule has 51 valence electrons. The van der Waals surface area contributed by atoms with Crippen LogP contribution in [0.15, 0.2) is 24.3 Å². The largest absolute Gasteiger partial charge is 0.351 e. The molecule has 0 aliphatic heterocycles. The molecule has 3 N–H and O–H groups in total. The van der Waals surface area contributed by atoms with Gasteiger partial charge in [0.05, 0.1) is 0 Å². The van der Waals surface area contributed by atoms with Gasteiger partial charge in [-0.15, -0.1) is 0 Å². The number of benzene rings is 1. The third kappa shape index (κ3) is 1.78. The quantitative estimate of drug-likeness (QED) is 0.592. The Labute approximate surface area is 58.8 Å². The van der Waals surface area contributed by atoms with Gasteiger partial charge in [-0.2, -0.15) is 0 Å². The van der Waals surface area contributed by atoms with Crippen molar-refractivity contribution in [3.8, 4) is 0 Å². The number of carbonyl (C=O) groups excluding carboxylic acids is 1. The SMILES string of the molecule is NC(=O)Nc1cc[c]cc1. The average Bonchev–Trinajstić information content (AvgIpc) is 1.88. The second kappa shape index (κ2) is 2.87.